The molecule has 0 aliphatic rings. The molecule has 0 radical (unpaired) electrons. The number of benzene rings is 3. The second kappa shape index (κ2) is 8.85. The first-order valence-corrected chi connectivity index (χ1v) is 10.6. The molecule has 0 saturated heterocycles. The topological polar surface area (TPSA) is 67.9 Å². The number of ether oxygens (including phenoxy) is 1. The zero-order valence-corrected chi connectivity index (χ0v) is 17.2. The van der Waals surface area contributed by atoms with Crippen molar-refractivity contribution in [1.82, 2.24) is 9.55 Å². The molecule has 0 spiro atoms. The maximum Gasteiger partial charge on any atom is 0.266 e. The Bertz CT molecular complexity index is 1290. The summed E-state index contributed by atoms with van der Waals surface area (Å²) in [5.74, 6) is 1.28. The summed E-state index contributed by atoms with van der Waals surface area (Å²) in [6.07, 6.45) is 0. The molecule has 0 aliphatic carbocycles. The SMILES string of the molecule is CCOc1ccc(-n2c(SCc3ccccc3C#N)nc3ccccc3c2=O)cc1. The van der Waals surface area contributed by atoms with Crippen LogP contribution >= 0.6 is 11.8 Å². The van der Waals surface area contributed by atoms with Crippen molar-refractivity contribution in [3.8, 4) is 17.5 Å². The number of thioether (sulfide) groups is 1. The number of para-hydroxylation sites is 1. The largest absolute Gasteiger partial charge is 0.494 e. The van der Waals surface area contributed by atoms with Gasteiger partial charge >= 0.3 is 0 Å². The second-order valence-electron chi connectivity index (χ2n) is 6.54. The molecule has 4 aromatic rings. The van der Waals surface area contributed by atoms with Crippen molar-refractivity contribution in [1.29, 1.82) is 5.26 Å². The van der Waals surface area contributed by atoms with Crippen LogP contribution in [0.15, 0.2) is 82.7 Å². The number of fused-ring (bicyclic) bond motifs is 1. The summed E-state index contributed by atoms with van der Waals surface area (Å²) in [5, 5.41) is 10.5. The standard InChI is InChI=1S/C24H19N3O2S/c1-2-29-20-13-11-19(12-14-20)27-23(28)21-9-5-6-10-22(21)26-24(27)30-16-18-8-4-3-7-17(18)15-25/h3-14H,2,16H2,1H3. The van der Waals surface area contributed by atoms with Crippen molar-refractivity contribution in [3.05, 3.63) is 94.3 Å². The first kappa shape index (κ1) is 19.7. The van der Waals surface area contributed by atoms with Crippen LogP contribution in [-0.4, -0.2) is 16.2 Å². The van der Waals surface area contributed by atoms with E-state index >= 15 is 0 Å². The molecule has 4 rings (SSSR count). The van der Waals surface area contributed by atoms with Gasteiger partial charge in [-0.1, -0.05) is 42.1 Å². The van der Waals surface area contributed by atoms with Gasteiger partial charge in [-0.05, 0) is 55.0 Å². The van der Waals surface area contributed by atoms with E-state index in [0.29, 0.717) is 34.0 Å². The number of rotatable bonds is 6. The summed E-state index contributed by atoms with van der Waals surface area (Å²) in [4.78, 5) is 18.1. The minimum absolute atomic E-state index is 0.124. The molecule has 0 atom stereocenters. The van der Waals surface area contributed by atoms with Crippen molar-refractivity contribution in [2.45, 2.75) is 17.8 Å². The van der Waals surface area contributed by atoms with Crippen LogP contribution in [0.4, 0.5) is 0 Å². The predicted octanol–water partition coefficient (Wildman–Crippen LogP) is 4.95. The van der Waals surface area contributed by atoms with Crippen LogP contribution in [0.25, 0.3) is 16.6 Å². The van der Waals surface area contributed by atoms with Gasteiger partial charge in [0.1, 0.15) is 5.75 Å². The molecular weight excluding hydrogens is 394 g/mol. The third-order valence-electron chi connectivity index (χ3n) is 4.65. The van der Waals surface area contributed by atoms with Gasteiger partial charge in [0.05, 0.1) is 34.8 Å². The Morgan fingerprint density at radius 3 is 2.53 bits per heavy atom. The number of nitriles is 1. The van der Waals surface area contributed by atoms with Crippen LogP contribution in [0, 0.1) is 11.3 Å². The first-order chi connectivity index (χ1) is 14.7. The average Bonchev–Trinajstić information content (AvgIpc) is 2.79. The minimum Gasteiger partial charge on any atom is -0.494 e. The molecule has 148 valence electrons. The molecule has 0 aliphatic heterocycles. The molecule has 0 fully saturated rings. The van der Waals surface area contributed by atoms with Gasteiger partial charge in [-0.2, -0.15) is 5.26 Å². The van der Waals surface area contributed by atoms with Gasteiger partial charge in [0, 0.05) is 5.75 Å². The Morgan fingerprint density at radius 1 is 1.03 bits per heavy atom. The summed E-state index contributed by atoms with van der Waals surface area (Å²) >= 11 is 1.44. The van der Waals surface area contributed by atoms with Crippen molar-refractivity contribution in [2.24, 2.45) is 0 Å². The molecule has 6 heteroatoms. The van der Waals surface area contributed by atoms with Crippen molar-refractivity contribution >= 4 is 22.7 Å². The third kappa shape index (κ3) is 3.93. The number of nitrogens with zero attached hydrogens (tertiary/aromatic N) is 3. The summed E-state index contributed by atoms with van der Waals surface area (Å²) in [5.41, 5.74) is 2.78. The lowest BCUT2D eigenvalue weighted by atomic mass is 10.1. The fraction of sp³-hybridized carbons (Fsp3) is 0.125. The van der Waals surface area contributed by atoms with E-state index in [9.17, 15) is 10.1 Å². The lowest BCUT2D eigenvalue weighted by molar-refractivity contribution is 0.340. The molecule has 5 nitrogen and oxygen atoms in total. The van der Waals surface area contributed by atoms with Gasteiger partial charge in [-0.25, -0.2) is 4.98 Å². The molecule has 0 bridgehead atoms. The van der Waals surface area contributed by atoms with E-state index in [1.165, 1.54) is 11.8 Å². The third-order valence-corrected chi connectivity index (χ3v) is 5.63. The number of aromatic nitrogens is 2. The highest BCUT2D eigenvalue weighted by Crippen LogP contribution is 2.26. The molecule has 0 unspecified atom stereocenters. The second-order valence-corrected chi connectivity index (χ2v) is 7.48. The lowest BCUT2D eigenvalue weighted by Crippen LogP contribution is -2.21. The van der Waals surface area contributed by atoms with Crippen molar-refractivity contribution in [2.75, 3.05) is 6.61 Å². The fourth-order valence-electron chi connectivity index (χ4n) is 3.19. The zero-order valence-electron chi connectivity index (χ0n) is 16.4. The normalized spacial score (nSPS) is 10.7. The smallest absolute Gasteiger partial charge is 0.266 e. The van der Waals surface area contributed by atoms with Crippen LogP contribution in [0.1, 0.15) is 18.1 Å². The predicted molar refractivity (Wildman–Crippen MR) is 119 cm³/mol. The summed E-state index contributed by atoms with van der Waals surface area (Å²) < 4.78 is 7.14. The molecule has 30 heavy (non-hydrogen) atoms. The van der Waals surface area contributed by atoms with Crippen LogP contribution < -0.4 is 10.3 Å². The van der Waals surface area contributed by atoms with Crippen LogP contribution in [0.2, 0.25) is 0 Å². The Hall–Kier alpha value is -3.56. The van der Waals surface area contributed by atoms with E-state index in [1.54, 1.807) is 16.7 Å². The first-order valence-electron chi connectivity index (χ1n) is 9.57. The Morgan fingerprint density at radius 2 is 1.77 bits per heavy atom. The Labute approximate surface area is 178 Å². The van der Waals surface area contributed by atoms with E-state index in [0.717, 1.165) is 17.0 Å². The maximum atomic E-state index is 13.3. The van der Waals surface area contributed by atoms with Crippen LogP contribution in [-0.2, 0) is 5.75 Å². The molecule has 0 amide bonds. The summed E-state index contributed by atoms with van der Waals surface area (Å²) in [6, 6.07) is 24.4. The zero-order chi connectivity index (χ0) is 20.9. The van der Waals surface area contributed by atoms with Gasteiger partial charge < -0.3 is 4.74 Å². The van der Waals surface area contributed by atoms with Gasteiger partial charge in [0.2, 0.25) is 0 Å². The van der Waals surface area contributed by atoms with Crippen LogP contribution in [0.3, 0.4) is 0 Å². The molecular formula is C24H19N3O2S. The van der Waals surface area contributed by atoms with E-state index in [1.807, 2.05) is 67.6 Å². The number of hydrogen-bond donors (Lipinski definition) is 0. The molecule has 0 saturated carbocycles. The maximum absolute atomic E-state index is 13.3. The van der Waals surface area contributed by atoms with Gasteiger partial charge in [0.15, 0.2) is 5.16 Å². The van der Waals surface area contributed by atoms with Gasteiger partial charge in [-0.3, -0.25) is 9.36 Å². The quantitative estimate of drug-likeness (QED) is 0.330. The molecule has 3 aromatic carbocycles. The minimum atomic E-state index is -0.124. The van der Waals surface area contributed by atoms with Gasteiger partial charge in [-0.15, -0.1) is 0 Å². The Balaban J connectivity index is 1.80. The summed E-state index contributed by atoms with van der Waals surface area (Å²) in [7, 11) is 0. The van der Waals surface area contributed by atoms with Crippen molar-refractivity contribution in [3.63, 3.8) is 0 Å². The fourth-order valence-corrected chi connectivity index (χ4v) is 4.21. The highest BCUT2D eigenvalue weighted by Gasteiger charge is 2.14. The van der Waals surface area contributed by atoms with E-state index < -0.39 is 0 Å². The monoisotopic (exact) mass is 413 g/mol. The van der Waals surface area contributed by atoms with Gasteiger partial charge in [0.25, 0.3) is 5.56 Å². The van der Waals surface area contributed by atoms with E-state index in [4.69, 9.17) is 9.72 Å². The Kier molecular flexibility index (Phi) is 5.82. The average molecular weight is 414 g/mol. The molecule has 0 N–H and O–H groups in total. The lowest BCUT2D eigenvalue weighted by Gasteiger charge is -2.14. The highest BCUT2D eigenvalue weighted by molar-refractivity contribution is 7.98. The van der Waals surface area contributed by atoms with Crippen molar-refractivity contribution < 1.29 is 4.74 Å². The number of hydrogen-bond acceptors (Lipinski definition) is 5. The van der Waals surface area contributed by atoms with E-state index in [-0.39, 0.29) is 5.56 Å². The van der Waals surface area contributed by atoms with Crippen LogP contribution in [0.5, 0.6) is 5.75 Å². The highest BCUT2D eigenvalue weighted by atomic mass is 32.2. The molecule has 1 aromatic heterocycles. The van der Waals surface area contributed by atoms with E-state index in [2.05, 4.69) is 6.07 Å². The molecule has 1 heterocycles. The summed E-state index contributed by atoms with van der Waals surface area (Å²) in [6.45, 7) is 2.51.